The Kier molecular flexibility index (Phi) is 3.58. The number of rotatable bonds is 4. The first-order chi connectivity index (χ1) is 9.72. The maximum atomic E-state index is 5.84. The first-order valence-corrected chi connectivity index (χ1v) is 6.71. The number of hydrogen-bond acceptors (Lipinski definition) is 4. The maximum absolute atomic E-state index is 5.84. The predicted molar refractivity (Wildman–Crippen MR) is 80.2 cm³/mol. The van der Waals surface area contributed by atoms with E-state index >= 15 is 0 Å². The Hall–Kier alpha value is -2.05. The largest absolute Gasteiger partial charge is 0.461 e. The fourth-order valence-electron chi connectivity index (χ4n) is 1.73. The van der Waals surface area contributed by atoms with E-state index in [1.165, 1.54) is 0 Å². The molecule has 0 fully saturated rings. The van der Waals surface area contributed by atoms with Gasteiger partial charge < -0.3 is 9.73 Å². The third kappa shape index (κ3) is 2.76. The standard InChI is InChI=1S/C13H11ClN4OS/c14-9-3-5-10(6-4-9)15-8-18-13(20)16-12(17-18)11-2-1-7-19-11/h1-7,15H,8H2,(H,16,17,20). The number of furan rings is 1. The van der Waals surface area contributed by atoms with Gasteiger partial charge in [-0.05, 0) is 48.6 Å². The van der Waals surface area contributed by atoms with Gasteiger partial charge in [0.25, 0.3) is 0 Å². The third-order valence-corrected chi connectivity index (χ3v) is 3.28. The van der Waals surface area contributed by atoms with Crippen molar-refractivity contribution in [3.63, 3.8) is 0 Å². The Morgan fingerprint density at radius 2 is 2.10 bits per heavy atom. The van der Waals surface area contributed by atoms with Crippen molar-refractivity contribution in [2.75, 3.05) is 5.32 Å². The summed E-state index contributed by atoms with van der Waals surface area (Å²) in [7, 11) is 0. The SMILES string of the molecule is S=c1nc(-c2ccco2)[nH]n1CNc1ccc(Cl)cc1. The van der Waals surface area contributed by atoms with Gasteiger partial charge in [-0.15, -0.1) is 0 Å². The number of aromatic amines is 1. The van der Waals surface area contributed by atoms with E-state index in [0.29, 0.717) is 28.0 Å². The highest BCUT2D eigenvalue weighted by Gasteiger charge is 2.06. The van der Waals surface area contributed by atoms with Gasteiger partial charge in [0.15, 0.2) is 11.6 Å². The van der Waals surface area contributed by atoms with Crippen LogP contribution in [0.4, 0.5) is 5.69 Å². The lowest BCUT2D eigenvalue weighted by Crippen LogP contribution is -2.09. The molecule has 0 spiro atoms. The van der Waals surface area contributed by atoms with Crippen molar-refractivity contribution in [1.82, 2.24) is 14.8 Å². The summed E-state index contributed by atoms with van der Waals surface area (Å²) in [5, 5.41) is 7.01. The fraction of sp³-hybridized carbons (Fsp3) is 0.0769. The zero-order chi connectivity index (χ0) is 13.9. The summed E-state index contributed by atoms with van der Waals surface area (Å²) in [6.07, 6.45) is 1.59. The molecule has 2 aromatic heterocycles. The number of halogens is 1. The van der Waals surface area contributed by atoms with Crippen LogP contribution in [0.15, 0.2) is 47.1 Å². The predicted octanol–water partition coefficient (Wildman–Crippen LogP) is 3.92. The first-order valence-electron chi connectivity index (χ1n) is 5.92. The van der Waals surface area contributed by atoms with E-state index < -0.39 is 0 Å². The highest BCUT2D eigenvalue weighted by atomic mass is 35.5. The Bertz CT molecular complexity index is 746. The van der Waals surface area contributed by atoms with E-state index in [1.807, 2.05) is 30.3 Å². The minimum absolute atomic E-state index is 0.456. The Labute approximate surface area is 125 Å². The zero-order valence-electron chi connectivity index (χ0n) is 10.3. The molecule has 0 radical (unpaired) electrons. The molecule has 20 heavy (non-hydrogen) atoms. The Morgan fingerprint density at radius 3 is 2.80 bits per heavy atom. The molecule has 2 N–H and O–H groups in total. The van der Waals surface area contributed by atoms with Gasteiger partial charge in [0, 0.05) is 10.7 Å². The highest BCUT2D eigenvalue weighted by molar-refractivity contribution is 7.71. The van der Waals surface area contributed by atoms with E-state index in [9.17, 15) is 0 Å². The number of anilines is 1. The van der Waals surface area contributed by atoms with Gasteiger partial charge in [0.2, 0.25) is 4.77 Å². The lowest BCUT2D eigenvalue weighted by molar-refractivity contribution is 0.574. The van der Waals surface area contributed by atoms with Crippen LogP contribution in [0.2, 0.25) is 5.02 Å². The van der Waals surface area contributed by atoms with Crippen molar-refractivity contribution >= 4 is 29.5 Å². The molecule has 0 unspecified atom stereocenters. The molecule has 0 saturated heterocycles. The zero-order valence-corrected chi connectivity index (χ0v) is 11.9. The molecule has 0 amide bonds. The molecule has 3 rings (SSSR count). The number of nitrogens with one attached hydrogen (secondary N) is 2. The van der Waals surface area contributed by atoms with Crippen LogP contribution >= 0.6 is 23.8 Å². The quantitative estimate of drug-likeness (QED) is 0.717. The molecule has 0 aliphatic carbocycles. The molecule has 0 bridgehead atoms. The van der Waals surface area contributed by atoms with E-state index in [-0.39, 0.29) is 0 Å². The topological polar surface area (TPSA) is 58.8 Å². The van der Waals surface area contributed by atoms with Gasteiger partial charge in [0.1, 0.15) is 6.67 Å². The molecule has 1 aromatic carbocycles. The molecular weight excluding hydrogens is 296 g/mol. The van der Waals surface area contributed by atoms with Gasteiger partial charge in [-0.2, -0.15) is 4.98 Å². The van der Waals surface area contributed by atoms with Crippen molar-refractivity contribution in [2.45, 2.75) is 6.67 Å². The minimum Gasteiger partial charge on any atom is -0.461 e. The highest BCUT2D eigenvalue weighted by Crippen LogP contribution is 2.16. The summed E-state index contributed by atoms with van der Waals surface area (Å²) < 4.78 is 7.46. The number of hydrogen-bond donors (Lipinski definition) is 2. The molecule has 2 heterocycles. The first kappa shape index (κ1) is 13.0. The van der Waals surface area contributed by atoms with E-state index in [2.05, 4.69) is 15.4 Å². The summed E-state index contributed by atoms with van der Waals surface area (Å²) in [5.74, 6) is 1.26. The summed E-state index contributed by atoms with van der Waals surface area (Å²) in [6.45, 7) is 0.480. The smallest absolute Gasteiger partial charge is 0.218 e. The van der Waals surface area contributed by atoms with Crippen LogP contribution in [0.5, 0.6) is 0 Å². The summed E-state index contributed by atoms with van der Waals surface area (Å²) in [6, 6.07) is 11.1. The van der Waals surface area contributed by atoms with Crippen molar-refractivity contribution in [3.8, 4) is 11.6 Å². The summed E-state index contributed by atoms with van der Waals surface area (Å²) >= 11 is 11.0. The van der Waals surface area contributed by atoms with Crippen molar-refractivity contribution in [1.29, 1.82) is 0 Å². The molecule has 0 aliphatic rings. The second kappa shape index (κ2) is 5.52. The third-order valence-electron chi connectivity index (χ3n) is 2.72. The lowest BCUT2D eigenvalue weighted by atomic mass is 10.3. The Morgan fingerprint density at radius 1 is 1.30 bits per heavy atom. The van der Waals surface area contributed by atoms with Crippen LogP contribution in [-0.4, -0.2) is 14.8 Å². The minimum atomic E-state index is 0.456. The van der Waals surface area contributed by atoms with Gasteiger partial charge >= 0.3 is 0 Å². The van der Waals surface area contributed by atoms with E-state index in [0.717, 1.165) is 5.69 Å². The van der Waals surface area contributed by atoms with Gasteiger partial charge in [-0.1, -0.05) is 11.6 Å². The summed E-state index contributed by atoms with van der Waals surface area (Å²) in [5.41, 5.74) is 0.949. The molecule has 102 valence electrons. The molecule has 0 aliphatic heterocycles. The van der Waals surface area contributed by atoms with Gasteiger partial charge in [0.05, 0.1) is 6.26 Å². The van der Waals surface area contributed by atoms with Crippen LogP contribution in [0.1, 0.15) is 0 Å². The molecular formula is C13H11ClN4OS. The van der Waals surface area contributed by atoms with Crippen molar-refractivity contribution in [3.05, 3.63) is 52.5 Å². The van der Waals surface area contributed by atoms with Crippen LogP contribution in [0, 0.1) is 4.77 Å². The number of nitrogens with zero attached hydrogens (tertiary/aromatic N) is 2. The monoisotopic (exact) mass is 306 g/mol. The van der Waals surface area contributed by atoms with E-state index in [4.69, 9.17) is 28.2 Å². The average molecular weight is 307 g/mol. The van der Waals surface area contributed by atoms with Crippen LogP contribution in [0.25, 0.3) is 11.6 Å². The second-order valence-corrected chi connectivity index (χ2v) is 4.90. The Balaban J connectivity index is 1.75. The van der Waals surface area contributed by atoms with Crippen LogP contribution in [-0.2, 0) is 6.67 Å². The van der Waals surface area contributed by atoms with Crippen molar-refractivity contribution in [2.24, 2.45) is 0 Å². The van der Waals surface area contributed by atoms with E-state index in [1.54, 1.807) is 17.0 Å². The number of benzene rings is 1. The number of aromatic nitrogens is 3. The molecule has 7 heteroatoms. The molecule has 0 saturated carbocycles. The number of H-pyrrole nitrogens is 1. The van der Waals surface area contributed by atoms with Crippen LogP contribution < -0.4 is 5.32 Å². The molecule has 5 nitrogen and oxygen atoms in total. The van der Waals surface area contributed by atoms with Crippen LogP contribution in [0.3, 0.4) is 0 Å². The average Bonchev–Trinajstić information content (AvgIpc) is 3.08. The normalized spacial score (nSPS) is 10.7. The van der Waals surface area contributed by atoms with Crippen molar-refractivity contribution < 1.29 is 4.42 Å². The maximum Gasteiger partial charge on any atom is 0.218 e. The molecule has 0 atom stereocenters. The van der Waals surface area contributed by atoms with Gasteiger partial charge in [-0.3, -0.25) is 5.10 Å². The summed E-state index contributed by atoms with van der Waals surface area (Å²) in [4.78, 5) is 4.25. The fourth-order valence-corrected chi connectivity index (χ4v) is 2.05. The second-order valence-electron chi connectivity index (χ2n) is 4.10. The van der Waals surface area contributed by atoms with Gasteiger partial charge in [-0.25, -0.2) is 4.68 Å². The lowest BCUT2D eigenvalue weighted by Gasteiger charge is -2.06. The molecule has 3 aromatic rings.